The summed E-state index contributed by atoms with van der Waals surface area (Å²) in [7, 11) is 5.06. The van der Waals surface area contributed by atoms with E-state index in [4.69, 9.17) is 18.9 Å². The van der Waals surface area contributed by atoms with Gasteiger partial charge in [0, 0.05) is 50.9 Å². The predicted octanol–water partition coefficient (Wildman–Crippen LogP) is 2.58. The lowest BCUT2D eigenvalue weighted by atomic mass is 9.49. The second kappa shape index (κ2) is 7.74. The summed E-state index contributed by atoms with van der Waals surface area (Å²) in [5.74, 6) is -0.642. The van der Waals surface area contributed by atoms with E-state index in [1.54, 1.807) is 33.5 Å². The molecule has 2 N–H and O–H groups in total. The van der Waals surface area contributed by atoms with E-state index in [2.05, 4.69) is 0 Å². The van der Waals surface area contributed by atoms with Crippen molar-refractivity contribution < 1.29 is 34.0 Å². The van der Waals surface area contributed by atoms with Crippen LogP contribution in [0.2, 0.25) is 0 Å². The number of carbonyl (C=O) groups excluding carboxylic acids is 1. The van der Waals surface area contributed by atoms with Crippen LogP contribution in [0.25, 0.3) is 0 Å². The zero-order chi connectivity index (χ0) is 23.9. The molecule has 3 unspecified atom stereocenters. The van der Waals surface area contributed by atoms with Gasteiger partial charge in [-0.05, 0) is 50.2 Å². The van der Waals surface area contributed by atoms with Crippen LogP contribution < -0.4 is 0 Å². The summed E-state index contributed by atoms with van der Waals surface area (Å²) >= 11 is 0. The van der Waals surface area contributed by atoms with Gasteiger partial charge in [-0.3, -0.25) is 0 Å². The number of fused-ring (bicyclic) bond motifs is 3. The molecule has 1 aromatic rings. The Morgan fingerprint density at radius 1 is 0.941 bits per heavy atom. The van der Waals surface area contributed by atoms with Crippen LogP contribution in [0.5, 0.6) is 0 Å². The number of aliphatic hydroxyl groups is 2. The van der Waals surface area contributed by atoms with Crippen molar-refractivity contribution in [3.05, 3.63) is 35.9 Å². The van der Waals surface area contributed by atoms with E-state index in [9.17, 15) is 15.0 Å². The third-order valence-corrected chi connectivity index (χ3v) is 10.6. The molecule has 0 radical (unpaired) electrons. The molecule has 7 nitrogen and oxygen atoms in total. The lowest BCUT2D eigenvalue weighted by Crippen LogP contribution is -2.75. The molecule has 0 aliphatic heterocycles. The standard InChI is InChI=1S/C27H36O7/c1-31-20-14-26(29)16-11-18-19(34-24(28)15-7-5-4-6-8-15)9-10-22(32-2)25(18,13-16)21-12-17(20)23(33-3)27(21,26)30/h4-8,16-23,29-30H,9-14H2,1-3H3/t16?,17-,18?,19+,20+,21?,22+,23+,25-,26+,27+/m1/s1. The number of carbonyl (C=O) groups is 1. The molecular formula is C27H36O7. The second-order valence-electron chi connectivity index (χ2n) is 11.3. The van der Waals surface area contributed by atoms with E-state index in [-0.39, 0.29) is 53.4 Å². The molecule has 0 heterocycles. The largest absolute Gasteiger partial charge is 0.458 e. The maximum absolute atomic E-state index is 13.0. The summed E-state index contributed by atoms with van der Waals surface area (Å²) < 4.78 is 24.0. The number of methoxy groups -OCH3 is 3. The Bertz CT molecular complexity index is 954. The highest BCUT2D eigenvalue weighted by Gasteiger charge is 2.83. The zero-order valence-corrected chi connectivity index (χ0v) is 20.2. The number of hydrogen-bond acceptors (Lipinski definition) is 7. The van der Waals surface area contributed by atoms with Crippen molar-refractivity contribution >= 4 is 5.97 Å². The van der Waals surface area contributed by atoms with Crippen molar-refractivity contribution in [1.29, 1.82) is 0 Å². The van der Waals surface area contributed by atoms with Gasteiger partial charge in [0.2, 0.25) is 0 Å². The minimum atomic E-state index is -1.37. The first-order valence-corrected chi connectivity index (χ1v) is 12.6. The first-order valence-electron chi connectivity index (χ1n) is 12.6. The molecule has 0 saturated heterocycles. The van der Waals surface area contributed by atoms with E-state index in [1.165, 1.54) is 0 Å². The van der Waals surface area contributed by atoms with Crippen LogP contribution in [0.4, 0.5) is 0 Å². The molecule has 6 rings (SSSR count). The molecule has 4 bridgehead atoms. The Kier molecular flexibility index (Phi) is 5.22. The number of esters is 1. The molecule has 5 aliphatic rings. The number of rotatable bonds is 5. The third-order valence-electron chi connectivity index (χ3n) is 10.6. The van der Waals surface area contributed by atoms with Crippen molar-refractivity contribution in [3.63, 3.8) is 0 Å². The highest BCUT2D eigenvalue weighted by atomic mass is 16.5. The molecule has 11 atom stereocenters. The highest BCUT2D eigenvalue weighted by Crippen LogP contribution is 2.76. The molecule has 0 aromatic heterocycles. The average Bonchev–Trinajstić information content (AvgIpc) is 3.37. The molecule has 0 amide bonds. The van der Waals surface area contributed by atoms with Gasteiger partial charge in [-0.1, -0.05) is 18.2 Å². The van der Waals surface area contributed by atoms with Crippen molar-refractivity contribution in [2.45, 2.75) is 74.1 Å². The Morgan fingerprint density at radius 3 is 2.38 bits per heavy atom. The van der Waals surface area contributed by atoms with Crippen molar-refractivity contribution in [2.24, 2.45) is 29.1 Å². The van der Waals surface area contributed by atoms with Crippen LogP contribution >= 0.6 is 0 Å². The van der Waals surface area contributed by atoms with Gasteiger partial charge in [-0.2, -0.15) is 0 Å². The van der Waals surface area contributed by atoms with Gasteiger partial charge in [0.05, 0.1) is 23.9 Å². The summed E-state index contributed by atoms with van der Waals surface area (Å²) in [6, 6.07) is 9.11. The van der Waals surface area contributed by atoms with E-state index in [1.807, 2.05) is 18.2 Å². The SMILES string of the molecule is CO[C@H]1C[C@]2(O)C3CC4[C@@H](OC(=O)c5ccccc5)CC[C@H](OC)[C@@]4(C3)C3C[C@H]1[C@H](OC)[C@@]32O. The monoisotopic (exact) mass is 472 g/mol. The fourth-order valence-corrected chi connectivity index (χ4v) is 9.44. The minimum Gasteiger partial charge on any atom is -0.458 e. The molecule has 34 heavy (non-hydrogen) atoms. The fraction of sp³-hybridized carbons (Fsp3) is 0.741. The third kappa shape index (κ3) is 2.63. The quantitative estimate of drug-likeness (QED) is 0.636. The maximum Gasteiger partial charge on any atom is 0.338 e. The van der Waals surface area contributed by atoms with E-state index in [0.29, 0.717) is 24.8 Å². The first-order chi connectivity index (χ1) is 16.3. The Morgan fingerprint density at radius 2 is 1.71 bits per heavy atom. The molecule has 7 heteroatoms. The predicted molar refractivity (Wildman–Crippen MR) is 122 cm³/mol. The van der Waals surface area contributed by atoms with Crippen LogP contribution in [0.3, 0.4) is 0 Å². The number of ether oxygens (including phenoxy) is 4. The Balaban J connectivity index is 1.42. The maximum atomic E-state index is 13.0. The second-order valence-corrected chi connectivity index (χ2v) is 11.3. The molecule has 1 aromatic carbocycles. The van der Waals surface area contributed by atoms with Crippen LogP contribution in [0.15, 0.2) is 30.3 Å². The van der Waals surface area contributed by atoms with Crippen molar-refractivity contribution in [3.8, 4) is 0 Å². The van der Waals surface area contributed by atoms with Gasteiger partial charge >= 0.3 is 5.97 Å². The van der Waals surface area contributed by atoms with E-state index >= 15 is 0 Å². The summed E-state index contributed by atoms with van der Waals surface area (Å²) in [6.45, 7) is 0. The Hall–Kier alpha value is -1.51. The van der Waals surface area contributed by atoms with Crippen LogP contribution in [-0.2, 0) is 18.9 Å². The highest BCUT2D eigenvalue weighted by molar-refractivity contribution is 5.89. The van der Waals surface area contributed by atoms with E-state index < -0.39 is 17.3 Å². The first kappa shape index (κ1) is 22.9. The summed E-state index contributed by atoms with van der Waals surface area (Å²) in [5.41, 5.74) is -2.51. The smallest absolute Gasteiger partial charge is 0.338 e. The minimum absolute atomic E-state index is 0.00408. The topological polar surface area (TPSA) is 94.5 Å². The lowest BCUT2D eigenvalue weighted by molar-refractivity contribution is -0.308. The van der Waals surface area contributed by atoms with Gasteiger partial charge in [-0.15, -0.1) is 0 Å². The van der Waals surface area contributed by atoms with Gasteiger partial charge in [-0.25, -0.2) is 4.79 Å². The van der Waals surface area contributed by atoms with Gasteiger partial charge in [0.15, 0.2) is 0 Å². The number of benzene rings is 1. The van der Waals surface area contributed by atoms with Crippen molar-refractivity contribution in [1.82, 2.24) is 0 Å². The lowest BCUT2D eigenvalue weighted by Gasteiger charge is -2.62. The summed E-state index contributed by atoms with van der Waals surface area (Å²) in [5, 5.41) is 24.6. The molecule has 5 saturated carbocycles. The normalized spacial score (nSPS) is 50.6. The van der Waals surface area contributed by atoms with Crippen LogP contribution in [0.1, 0.15) is 48.9 Å². The fourth-order valence-electron chi connectivity index (χ4n) is 9.44. The Labute approximate surface area is 200 Å². The van der Waals surface area contributed by atoms with Crippen molar-refractivity contribution in [2.75, 3.05) is 21.3 Å². The summed E-state index contributed by atoms with van der Waals surface area (Å²) in [4.78, 5) is 13.0. The zero-order valence-electron chi connectivity index (χ0n) is 20.2. The summed E-state index contributed by atoms with van der Waals surface area (Å²) in [6.07, 6.45) is 3.05. The van der Waals surface area contributed by atoms with Gasteiger partial charge in [0.25, 0.3) is 0 Å². The van der Waals surface area contributed by atoms with Gasteiger partial charge in [0.1, 0.15) is 17.3 Å². The molecular weight excluding hydrogens is 436 g/mol. The van der Waals surface area contributed by atoms with Crippen LogP contribution in [0, 0.1) is 29.1 Å². The number of hydrogen-bond donors (Lipinski definition) is 2. The molecule has 5 aliphatic carbocycles. The molecule has 5 fully saturated rings. The van der Waals surface area contributed by atoms with Crippen LogP contribution in [-0.4, -0.2) is 73.1 Å². The van der Waals surface area contributed by atoms with E-state index in [0.717, 1.165) is 19.3 Å². The van der Waals surface area contributed by atoms with Gasteiger partial charge < -0.3 is 29.2 Å². The molecule has 1 spiro atoms. The average molecular weight is 473 g/mol. The molecule has 186 valence electrons.